The van der Waals surface area contributed by atoms with Crippen molar-refractivity contribution < 1.29 is 19.4 Å². The molecular weight excluding hydrogens is 336 g/mol. The van der Waals surface area contributed by atoms with Crippen LogP contribution in [0.25, 0.3) is 0 Å². The van der Waals surface area contributed by atoms with E-state index in [1.165, 1.54) is 19.3 Å². The molecule has 1 aromatic rings. The van der Waals surface area contributed by atoms with Gasteiger partial charge in [-0.05, 0) is 0 Å². The molecule has 0 unspecified atom stereocenters. The van der Waals surface area contributed by atoms with Crippen molar-refractivity contribution in [2.24, 2.45) is 0 Å². The van der Waals surface area contributed by atoms with Gasteiger partial charge in [0.05, 0.1) is 0 Å². The Morgan fingerprint density at radius 1 is 1.33 bits per heavy atom. The number of allylic oxidation sites excluding steroid dienone is 2. The van der Waals surface area contributed by atoms with E-state index in [1.807, 2.05) is 11.8 Å². The zero-order valence-electron chi connectivity index (χ0n) is 6.70. The molecule has 0 bridgehead atoms. The average Bonchev–Trinajstić information content (AvgIpc) is 2.44. The van der Waals surface area contributed by atoms with Crippen LogP contribution in [0.1, 0.15) is 12.5 Å². The van der Waals surface area contributed by atoms with Crippen molar-refractivity contribution in [3.8, 4) is 0 Å². The second-order valence-corrected chi connectivity index (χ2v) is 5.13. The van der Waals surface area contributed by atoms with E-state index in [4.69, 9.17) is 0 Å². The third-order valence-electron chi connectivity index (χ3n) is 1.84. The van der Waals surface area contributed by atoms with Crippen molar-refractivity contribution in [3.63, 3.8) is 0 Å². The summed E-state index contributed by atoms with van der Waals surface area (Å²) >= 11 is 3.45. The molecule has 60 valence electrons. The van der Waals surface area contributed by atoms with Gasteiger partial charge in [0, 0.05) is 0 Å². The summed E-state index contributed by atoms with van der Waals surface area (Å²) in [6.07, 6.45) is 2.20. The second kappa shape index (κ2) is 3.31. The van der Waals surface area contributed by atoms with E-state index in [2.05, 4.69) is 37.3 Å². The molecule has 0 nitrogen and oxygen atoms in total. The van der Waals surface area contributed by atoms with E-state index < -0.39 is 0 Å². The molecule has 0 fully saturated rings. The standard InChI is InChI=1S/C10H8S.W/c1-2-9-7-8-5-3-4-6-10(8)11-9;/h2-6H,1H3;/b9-2+;. The van der Waals surface area contributed by atoms with Gasteiger partial charge in [-0.3, -0.25) is 0 Å². The third-order valence-corrected chi connectivity index (χ3v) is 5.17. The van der Waals surface area contributed by atoms with Gasteiger partial charge < -0.3 is 0 Å². The van der Waals surface area contributed by atoms with Gasteiger partial charge >= 0.3 is 87.6 Å². The van der Waals surface area contributed by atoms with Crippen LogP contribution in [0.2, 0.25) is 0 Å². The summed E-state index contributed by atoms with van der Waals surface area (Å²) in [6, 6.07) is 8.62. The molecule has 1 aromatic carbocycles. The molecule has 1 heterocycles. The van der Waals surface area contributed by atoms with Gasteiger partial charge in [-0.25, -0.2) is 0 Å². The van der Waals surface area contributed by atoms with Crippen LogP contribution in [-0.2, 0) is 19.4 Å². The Kier molecular flexibility index (Phi) is 2.34. The number of rotatable bonds is 0. The number of thioether (sulfide) groups is 1. The predicted molar refractivity (Wildman–Crippen MR) is 50.2 cm³/mol. The average molecular weight is 344 g/mol. The van der Waals surface area contributed by atoms with Crippen LogP contribution in [0.5, 0.6) is 0 Å². The first-order chi connectivity index (χ1) is 5.83. The van der Waals surface area contributed by atoms with E-state index >= 15 is 0 Å². The van der Waals surface area contributed by atoms with Crippen molar-refractivity contribution in [1.29, 1.82) is 0 Å². The normalized spacial score (nSPS) is 18.4. The number of fused-ring (bicyclic) bond motifs is 1. The molecule has 0 aliphatic carbocycles. The van der Waals surface area contributed by atoms with E-state index in [0.717, 1.165) is 0 Å². The van der Waals surface area contributed by atoms with Crippen LogP contribution in [0.4, 0.5) is 0 Å². The summed E-state index contributed by atoms with van der Waals surface area (Å²) < 4.78 is 1.50. The zero-order chi connectivity index (χ0) is 8.55. The summed E-state index contributed by atoms with van der Waals surface area (Å²) in [4.78, 5) is 2.85. The second-order valence-electron chi connectivity index (χ2n) is 2.58. The van der Waals surface area contributed by atoms with Crippen molar-refractivity contribution in [2.45, 2.75) is 11.8 Å². The molecule has 0 radical (unpaired) electrons. The first kappa shape index (κ1) is 8.47. The number of hydrogen-bond acceptors (Lipinski definition) is 1. The first-order valence-electron chi connectivity index (χ1n) is 3.81. The Bertz CT molecular complexity index is 366. The molecule has 1 aliphatic heterocycles. The molecular formula is C10H8SW. The maximum atomic E-state index is 2.21. The summed E-state index contributed by atoms with van der Waals surface area (Å²) in [6.45, 7) is 2.11. The van der Waals surface area contributed by atoms with Gasteiger partial charge in [0.1, 0.15) is 0 Å². The molecule has 2 heteroatoms. The Morgan fingerprint density at radius 3 is 2.75 bits per heavy atom. The van der Waals surface area contributed by atoms with Crippen LogP contribution in [0.3, 0.4) is 0 Å². The van der Waals surface area contributed by atoms with Crippen LogP contribution >= 0.6 is 11.8 Å². The number of hydrogen-bond donors (Lipinski definition) is 0. The molecule has 0 N–H and O–H groups in total. The quantitative estimate of drug-likeness (QED) is 0.698. The fraction of sp³-hybridized carbons (Fsp3) is 0.100. The van der Waals surface area contributed by atoms with Gasteiger partial charge in [-0.1, -0.05) is 0 Å². The molecule has 0 amide bonds. The monoisotopic (exact) mass is 344 g/mol. The molecule has 0 saturated carbocycles. The topological polar surface area (TPSA) is 0 Å². The first-order valence-corrected chi connectivity index (χ1v) is 6.09. The van der Waals surface area contributed by atoms with Crippen molar-refractivity contribution in [1.82, 2.24) is 0 Å². The Balaban J connectivity index is 2.56. The van der Waals surface area contributed by atoms with E-state index in [-0.39, 0.29) is 0 Å². The molecule has 0 spiro atoms. The third kappa shape index (κ3) is 1.25. The Labute approximate surface area is 87.5 Å². The minimum absolute atomic E-state index is 1.41. The molecule has 1 aliphatic rings. The summed E-state index contributed by atoms with van der Waals surface area (Å²) in [5.74, 6) is 0. The van der Waals surface area contributed by atoms with E-state index in [9.17, 15) is 0 Å². The fourth-order valence-corrected chi connectivity index (χ4v) is 3.98. The summed E-state index contributed by atoms with van der Waals surface area (Å²) in [5, 5.41) is 0. The van der Waals surface area contributed by atoms with Crippen molar-refractivity contribution >= 4 is 15.7 Å². The van der Waals surface area contributed by atoms with E-state index in [1.54, 1.807) is 19.4 Å². The fourth-order valence-electron chi connectivity index (χ4n) is 1.23. The van der Waals surface area contributed by atoms with Gasteiger partial charge in [0.2, 0.25) is 0 Å². The van der Waals surface area contributed by atoms with Crippen LogP contribution < -0.4 is 0 Å². The number of benzene rings is 1. The summed E-state index contributed by atoms with van der Waals surface area (Å²) in [7, 11) is 0. The molecule has 0 atom stereocenters. The van der Waals surface area contributed by atoms with Crippen LogP contribution in [0, 0.1) is 0 Å². The van der Waals surface area contributed by atoms with Gasteiger partial charge in [0.25, 0.3) is 0 Å². The summed E-state index contributed by atoms with van der Waals surface area (Å²) in [5.41, 5.74) is 1.44. The SMILES string of the molecule is C/C=C1/Sc2ccccc2[C]1=[W]. The van der Waals surface area contributed by atoms with Crippen LogP contribution in [0.15, 0.2) is 40.1 Å². The minimum atomic E-state index is 1.41. The zero-order valence-corrected chi connectivity index (χ0v) is 10.5. The molecule has 12 heavy (non-hydrogen) atoms. The molecule has 2 rings (SSSR count). The van der Waals surface area contributed by atoms with Crippen LogP contribution in [-0.4, -0.2) is 3.90 Å². The van der Waals surface area contributed by atoms with Gasteiger partial charge in [-0.15, -0.1) is 0 Å². The van der Waals surface area contributed by atoms with Crippen molar-refractivity contribution in [3.05, 3.63) is 40.8 Å². The van der Waals surface area contributed by atoms with E-state index in [0.29, 0.717) is 0 Å². The molecule has 0 saturated heterocycles. The Morgan fingerprint density at radius 2 is 2.08 bits per heavy atom. The van der Waals surface area contributed by atoms with Gasteiger partial charge in [0.15, 0.2) is 0 Å². The van der Waals surface area contributed by atoms with Gasteiger partial charge in [-0.2, -0.15) is 0 Å². The predicted octanol–water partition coefficient (Wildman–Crippen LogP) is 2.76. The molecule has 0 aromatic heterocycles. The Hall–Kier alpha value is -0.132. The van der Waals surface area contributed by atoms with Crippen molar-refractivity contribution in [2.75, 3.05) is 0 Å². The maximum absolute atomic E-state index is 2.21.